The van der Waals surface area contributed by atoms with Crippen LogP contribution in [0.15, 0.2) is 67.0 Å². The second-order valence-electron chi connectivity index (χ2n) is 6.20. The van der Waals surface area contributed by atoms with Crippen LogP contribution in [0.25, 0.3) is 0 Å². The maximum atomic E-state index is 5.93. The minimum atomic E-state index is 0.718. The van der Waals surface area contributed by atoms with Crippen molar-refractivity contribution in [1.82, 2.24) is 9.97 Å². The molecule has 132 valence electrons. The predicted octanol–water partition coefficient (Wildman–Crippen LogP) is 4.20. The molecular formula is C20H20ClN5. The van der Waals surface area contributed by atoms with Crippen LogP contribution in [0.1, 0.15) is 0 Å². The van der Waals surface area contributed by atoms with Gasteiger partial charge in [-0.3, -0.25) is 0 Å². The van der Waals surface area contributed by atoms with Gasteiger partial charge in [0.05, 0.1) is 0 Å². The second kappa shape index (κ2) is 7.62. The first-order valence-corrected chi connectivity index (χ1v) is 9.05. The smallest absolute Gasteiger partial charge is 0.135 e. The Morgan fingerprint density at radius 1 is 0.808 bits per heavy atom. The van der Waals surface area contributed by atoms with Gasteiger partial charge in [-0.15, -0.1) is 0 Å². The van der Waals surface area contributed by atoms with E-state index in [2.05, 4.69) is 55.4 Å². The summed E-state index contributed by atoms with van der Waals surface area (Å²) < 4.78 is 0. The highest BCUT2D eigenvalue weighted by atomic mass is 35.5. The average molecular weight is 366 g/mol. The van der Waals surface area contributed by atoms with Crippen LogP contribution in [-0.4, -0.2) is 36.1 Å². The standard InChI is InChI=1S/C20H20ClN5/c21-16-6-8-17(9-7-16)24-19-14-20(23-15-22-19)26-12-10-25(11-13-26)18-4-2-1-3-5-18/h1-9,14-15H,10-13H2,(H,22,23,24). The Balaban J connectivity index is 1.42. The van der Waals surface area contributed by atoms with Crippen molar-refractivity contribution in [2.45, 2.75) is 0 Å². The van der Waals surface area contributed by atoms with E-state index < -0.39 is 0 Å². The van der Waals surface area contributed by atoms with Gasteiger partial charge < -0.3 is 15.1 Å². The van der Waals surface area contributed by atoms with E-state index in [0.717, 1.165) is 48.5 Å². The largest absolute Gasteiger partial charge is 0.368 e. The third-order valence-electron chi connectivity index (χ3n) is 4.49. The minimum Gasteiger partial charge on any atom is -0.368 e. The van der Waals surface area contributed by atoms with Crippen molar-refractivity contribution in [3.63, 3.8) is 0 Å². The maximum Gasteiger partial charge on any atom is 0.135 e. The molecule has 0 spiro atoms. The number of hydrogen-bond donors (Lipinski definition) is 1. The van der Waals surface area contributed by atoms with Crippen molar-refractivity contribution in [2.24, 2.45) is 0 Å². The monoisotopic (exact) mass is 365 g/mol. The molecule has 3 aromatic rings. The van der Waals surface area contributed by atoms with Crippen molar-refractivity contribution in [3.05, 3.63) is 72.0 Å². The molecule has 1 fully saturated rings. The molecule has 1 N–H and O–H groups in total. The maximum absolute atomic E-state index is 5.93. The van der Waals surface area contributed by atoms with Gasteiger partial charge in [-0.1, -0.05) is 29.8 Å². The predicted molar refractivity (Wildman–Crippen MR) is 108 cm³/mol. The lowest BCUT2D eigenvalue weighted by atomic mass is 10.2. The molecule has 1 aliphatic rings. The van der Waals surface area contributed by atoms with E-state index in [-0.39, 0.29) is 0 Å². The van der Waals surface area contributed by atoms with Gasteiger partial charge in [0.25, 0.3) is 0 Å². The summed E-state index contributed by atoms with van der Waals surface area (Å²) in [5.41, 5.74) is 2.23. The van der Waals surface area contributed by atoms with E-state index in [1.807, 2.05) is 30.3 Å². The highest BCUT2D eigenvalue weighted by Gasteiger charge is 2.18. The molecule has 0 saturated carbocycles. The number of halogens is 1. The first-order chi connectivity index (χ1) is 12.8. The second-order valence-corrected chi connectivity index (χ2v) is 6.64. The lowest BCUT2D eigenvalue weighted by Gasteiger charge is -2.36. The van der Waals surface area contributed by atoms with Crippen LogP contribution in [-0.2, 0) is 0 Å². The zero-order chi connectivity index (χ0) is 17.8. The first-order valence-electron chi connectivity index (χ1n) is 8.67. The third kappa shape index (κ3) is 3.89. The van der Waals surface area contributed by atoms with E-state index in [4.69, 9.17) is 11.6 Å². The molecule has 1 aliphatic heterocycles. The Bertz CT molecular complexity index is 846. The van der Waals surface area contributed by atoms with Gasteiger partial charge in [-0.2, -0.15) is 0 Å². The van der Waals surface area contributed by atoms with E-state index >= 15 is 0 Å². The molecule has 0 bridgehead atoms. The molecule has 26 heavy (non-hydrogen) atoms. The number of hydrogen-bond acceptors (Lipinski definition) is 5. The molecule has 0 aliphatic carbocycles. The van der Waals surface area contributed by atoms with Gasteiger partial charge >= 0.3 is 0 Å². The summed E-state index contributed by atoms with van der Waals surface area (Å²) in [4.78, 5) is 13.5. The molecule has 6 heteroatoms. The molecule has 2 heterocycles. The van der Waals surface area contributed by atoms with E-state index in [1.54, 1.807) is 6.33 Å². The quantitative estimate of drug-likeness (QED) is 0.750. The Hall–Kier alpha value is -2.79. The van der Waals surface area contributed by atoms with Crippen molar-refractivity contribution >= 4 is 34.6 Å². The summed E-state index contributed by atoms with van der Waals surface area (Å²) in [5, 5.41) is 4.02. The molecular weight excluding hydrogens is 346 g/mol. The first kappa shape index (κ1) is 16.7. The fourth-order valence-electron chi connectivity index (χ4n) is 3.10. The molecule has 5 nitrogen and oxygen atoms in total. The number of piperazine rings is 1. The Morgan fingerprint density at radius 2 is 1.50 bits per heavy atom. The number of nitrogens with zero attached hydrogens (tertiary/aromatic N) is 4. The van der Waals surface area contributed by atoms with Crippen molar-refractivity contribution in [2.75, 3.05) is 41.3 Å². The summed E-state index contributed by atoms with van der Waals surface area (Å²) in [7, 11) is 0. The normalized spacial score (nSPS) is 14.3. The Kier molecular flexibility index (Phi) is 4.88. The summed E-state index contributed by atoms with van der Waals surface area (Å²) in [6.45, 7) is 3.83. The number of rotatable bonds is 4. The molecule has 1 aromatic heterocycles. The van der Waals surface area contributed by atoms with E-state index in [9.17, 15) is 0 Å². The van der Waals surface area contributed by atoms with Gasteiger partial charge in [-0.25, -0.2) is 9.97 Å². The van der Waals surface area contributed by atoms with Gasteiger partial charge in [0.15, 0.2) is 0 Å². The Morgan fingerprint density at radius 3 is 2.23 bits per heavy atom. The molecule has 0 unspecified atom stereocenters. The van der Waals surface area contributed by atoms with Gasteiger partial charge in [0.1, 0.15) is 18.0 Å². The number of anilines is 4. The van der Waals surface area contributed by atoms with Crippen LogP contribution in [0.3, 0.4) is 0 Å². The van der Waals surface area contributed by atoms with Crippen LogP contribution in [0.4, 0.5) is 23.0 Å². The molecule has 1 saturated heterocycles. The number of aromatic nitrogens is 2. The van der Waals surface area contributed by atoms with Crippen molar-refractivity contribution in [3.8, 4) is 0 Å². The average Bonchev–Trinajstić information content (AvgIpc) is 2.71. The number of nitrogens with one attached hydrogen (secondary N) is 1. The highest BCUT2D eigenvalue weighted by Crippen LogP contribution is 2.22. The van der Waals surface area contributed by atoms with Crippen LogP contribution < -0.4 is 15.1 Å². The zero-order valence-corrected chi connectivity index (χ0v) is 15.1. The Labute approximate surface area is 158 Å². The third-order valence-corrected chi connectivity index (χ3v) is 4.75. The summed E-state index contributed by atoms with van der Waals surface area (Å²) in [6.07, 6.45) is 1.61. The fraction of sp³-hybridized carbons (Fsp3) is 0.200. The van der Waals surface area contributed by atoms with Crippen molar-refractivity contribution < 1.29 is 0 Å². The van der Waals surface area contributed by atoms with E-state index in [1.165, 1.54) is 5.69 Å². The number of para-hydroxylation sites is 1. The molecule has 2 aromatic carbocycles. The topological polar surface area (TPSA) is 44.3 Å². The lowest BCUT2D eigenvalue weighted by Crippen LogP contribution is -2.46. The molecule has 0 atom stereocenters. The lowest BCUT2D eigenvalue weighted by molar-refractivity contribution is 0.647. The van der Waals surface area contributed by atoms with Crippen LogP contribution in [0.5, 0.6) is 0 Å². The number of benzene rings is 2. The fourth-order valence-corrected chi connectivity index (χ4v) is 3.23. The molecule has 4 rings (SSSR count). The van der Waals surface area contributed by atoms with Gasteiger partial charge in [0, 0.05) is 48.6 Å². The minimum absolute atomic E-state index is 0.718. The highest BCUT2D eigenvalue weighted by molar-refractivity contribution is 6.30. The summed E-state index contributed by atoms with van der Waals surface area (Å²) >= 11 is 5.93. The van der Waals surface area contributed by atoms with Crippen molar-refractivity contribution in [1.29, 1.82) is 0 Å². The van der Waals surface area contributed by atoms with Crippen LogP contribution >= 0.6 is 11.6 Å². The summed E-state index contributed by atoms with van der Waals surface area (Å²) in [5.74, 6) is 1.73. The van der Waals surface area contributed by atoms with Gasteiger partial charge in [-0.05, 0) is 36.4 Å². The molecule has 0 amide bonds. The zero-order valence-electron chi connectivity index (χ0n) is 14.3. The summed E-state index contributed by atoms with van der Waals surface area (Å²) in [6, 6.07) is 20.1. The van der Waals surface area contributed by atoms with Crippen LogP contribution in [0.2, 0.25) is 5.02 Å². The molecule has 0 radical (unpaired) electrons. The van der Waals surface area contributed by atoms with Gasteiger partial charge in [0.2, 0.25) is 0 Å². The SMILES string of the molecule is Clc1ccc(Nc2cc(N3CCN(c4ccccc4)CC3)ncn2)cc1. The van der Waals surface area contributed by atoms with E-state index in [0.29, 0.717) is 0 Å². The van der Waals surface area contributed by atoms with Crippen LogP contribution in [0, 0.1) is 0 Å².